The summed E-state index contributed by atoms with van der Waals surface area (Å²) in [5.74, 6) is -0.792. The first-order chi connectivity index (χ1) is 24.7. The predicted octanol–water partition coefficient (Wildman–Crippen LogP) is 4.94. The Balaban J connectivity index is 1.42. The van der Waals surface area contributed by atoms with Gasteiger partial charge in [-0.25, -0.2) is 23.1 Å². The third-order valence-electron chi connectivity index (χ3n) is 9.64. The van der Waals surface area contributed by atoms with E-state index in [0.29, 0.717) is 18.7 Å². The van der Waals surface area contributed by atoms with Gasteiger partial charge in [-0.15, -0.1) is 5.10 Å². The maximum absolute atomic E-state index is 14.1. The zero-order valence-electron chi connectivity index (χ0n) is 30.0. The maximum atomic E-state index is 14.1. The van der Waals surface area contributed by atoms with Gasteiger partial charge in [0.1, 0.15) is 28.1 Å². The lowest BCUT2D eigenvalue weighted by molar-refractivity contribution is 0.0905. The van der Waals surface area contributed by atoms with Gasteiger partial charge in [-0.05, 0) is 98.1 Å². The Labute approximate surface area is 306 Å². The fourth-order valence-electron chi connectivity index (χ4n) is 6.84. The van der Waals surface area contributed by atoms with Gasteiger partial charge < -0.3 is 14.6 Å². The maximum Gasteiger partial charge on any atom is 0.254 e. The molecule has 2 aromatic heterocycles. The van der Waals surface area contributed by atoms with Gasteiger partial charge >= 0.3 is 0 Å². The van der Waals surface area contributed by atoms with Crippen molar-refractivity contribution >= 4 is 38.0 Å². The van der Waals surface area contributed by atoms with Crippen LogP contribution in [0.25, 0.3) is 11.0 Å². The number of benzene rings is 3. The highest BCUT2D eigenvalue weighted by Crippen LogP contribution is 2.40. The molecule has 3 atom stereocenters. The van der Waals surface area contributed by atoms with Crippen LogP contribution in [0.1, 0.15) is 84.0 Å². The van der Waals surface area contributed by atoms with Crippen molar-refractivity contribution in [2.75, 3.05) is 6.54 Å². The summed E-state index contributed by atoms with van der Waals surface area (Å²) >= 11 is -2.36. The molecular weight excluding hydrogens is 703 g/mol. The average molecular weight is 745 g/mol. The van der Waals surface area contributed by atoms with E-state index in [-0.39, 0.29) is 41.2 Å². The Bertz CT molecular complexity index is 2260. The Morgan fingerprint density at radius 1 is 1.10 bits per heavy atom. The number of sulfonamides is 1. The summed E-state index contributed by atoms with van der Waals surface area (Å²) in [6, 6.07) is 16.8. The van der Waals surface area contributed by atoms with Gasteiger partial charge in [-0.2, -0.15) is 4.31 Å². The molecule has 1 aliphatic rings. The van der Waals surface area contributed by atoms with Crippen LogP contribution in [0.15, 0.2) is 71.9 Å². The summed E-state index contributed by atoms with van der Waals surface area (Å²) in [7, 11) is -3.89. The quantitative estimate of drug-likeness (QED) is 0.183. The molecule has 0 saturated heterocycles. The average Bonchev–Trinajstić information content (AvgIpc) is 3.49. The van der Waals surface area contributed by atoms with Gasteiger partial charge in [-0.3, -0.25) is 9.00 Å². The Hall–Kier alpha value is -4.57. The summed E-state index contributed by atoms with van der Waals surface area (Å²) in [4.78, 5) is 22.0. The van der Waals surface area contributed by atoms with Crippen molar-refractivity contribution in [1.82, 2.24) is 34.6 Å². The van der Waals surface area contributed by atoms with Crippen molar-refractivity contribution in [3.8, 4) is 5.75 Å². The van der Waals surface area contributed by atoms with Crippen molar-refractivity contribution in [2.45, 2.75) is 89.3 Å². The molecule has 0 spiro atoms. The van der Waals surface area contributed by atoms with E-state index < -0.39 is 38.5 Å². The van der Waals surface area contributed by atoms with E-state index in [1.165, 1.54) is 16.7 Å². The number of rotatable bonds is 11. The molecule has 1 unspecified atom stereocenters. The zero-order chi connectivity index (χ0) is 37.4. The minimum absolute atomic E-state index is 0.0880. The summed E-state index contributed by atoms with van der Waals surface area (Å²) < 4.78 is 59.9. The van der Waals surface area contributed by atoms with Crippen molar-refractivity contribution < 1.29 is 26.7 Å². The Morgan fingerprint density at radius 2 is 1.83 bits per heavy atom. The van der Waals surface area contributed by atoms with E-state index in [1.54, 1.807) is 24.3 Å². The number of ether oxygens (including phenoxy) is 1. The van der Waals surface area contributed by atoms with Crippen molar-refractivity contribution in [3.63, 3.8) is 0 Å². The molecule has 274 valence electrons. The number of nitrogens with zero attached hydrogens (tertiary/aromatic N) is 6. The lowest BCUT2D eigenvalue weighted by Gasteiger charge is -2.37. The van der Waals surface area contributed by atoms with Gasteiger partial charge in [0.05, 0.1) is 23.4 Å². The van der Waals surface area contributed by atoms with Crippen LogP contribution in [0.3, 0.4) is 0 Å². The first-order valence-electron chi connectivity index (χ1n) is 17.1. The highest BCUT2D eigenvalue weighted by Gasteiger charge is 2.38. The van der Waals surface area contributed by atoms with E-state index in [9.17, 15) is 22.0 Å². The number of hydrogen-bond donors (Lipinski definition) is 1. The number of aromatic nitrogens is 5. The molecule has 1 N–H and O–H groups in total. The van der Waals surface area contributed by atoms with Crippen LogP contribution in [-0.2, 0) is 39.9 Å². The Kier molecular flexibility index (Phi) is 10.6. The third kappa shape index (κ3) is 7.35. The van der Waals surface area contributed by atoms with Crippen molar-refractivity contribution in [2.24, 2.45) is 0 Å². The van der Waals surface area contributed by atoms with Crippen LogP contribution >= 0.6 is 0 Å². The number of hydrogen-bond acceptors (Lipinski definition) is 10. The fraction of sp³-hybridized carbons (Fsp3) is 0.378. The molecule has 52 heavy (non-hydrogen) atoms. The number of carbonyl (C=O) groups excluding carboxylic acids is 1. The second-order valence-electron chi connectivity index (χ2n) is 13.6. The van der Waals surface area contributed by atoms with Crippen LogP contribution in [0.2, 0.25) is 0 Å². The van der Waals surface area contributed by atoms with Gasteiger partial charge in [0, 0.05) is 36.9 Å². The molecule has 0 bridgehead atoms. The van der Waals surface area contributed by atoms with E-state index in [0.717, 1.165) is 38.9 Å². The number of aryl methyl sites for hydroxylation is 3. The molecule has 0 fully saturated rings. The third-order valence-corrected chi connectivity index (χ3v) is 12.0. The van der Waals surface area contributed by atoms with E-state index >= 15 is 0 Å². The second-order valence-corrected chi connectivity index (χ2v) is 16.4. The number of fused-ring (bicyclic) bond motifs is 2. The smallest absolute Gasteiger partial charge is 0.254 e. The molecular formula is C37H42N7O6S2-. The standard InChI is InChI=1S/C37H43N7O6S2/c1-7-28-21-43(52(48,49)32-12-10-9-11-31(32)50-28)20-26-17-25(14-13-23(26)3)34(29-15-16-30-35(24(29)4)41-42-44(30)8-2)37(5,6)40-36(45)27-18-38-33(39-19-27)22-51(46)47/h9-19,28,34H,7-8,20-22H2,1-6H3,(H,40,45)(H,46,47)/p-1/t28-,34+/m1/s1. The minimum Gasteiger partial charge on any atom is -0.772 e. The lowest BCUT2D eigenvalue weighted by Crippen LogP contribution is -2.48. The summed E-state index contributed by atoms with van der Waals surface area (Å²) in [6.45, 7) is 12.7. The molecule has 3 heterocycles. The molecule has 15 heteroatoms. The van der Waals surface area contributed by atoms with Crippen LogP contribution in [-0.4, -0.2) is 70.5 Å². The number of para-hydroxylation sites is 1. The molecule has 0 radical (unpaired) electrons. The highest BCUT2D eigenvalue weighted by atomic mass is 32.2. The summed E-state index contributed by atoms with van der Waals surface area (Å²) in [5.41, 5.74) is 5.29. The van der Waals surface area contributed by atoms with E-state index in [1.807, 2.05) is 76.6 Å². The Morgan fingerprint density at radius 3 is 2.52 bits per heavy atom. The second kappa shape index (κ2) is 14.8. The van der Waals surface area contributed by atoms with Crippen LogP contribution in [0, 0.1) is 13.8 Å². The summed E-state index contributed by atoms with van der Waals surface area (Å²) in [5, 5.41) is 12.0. The largest absolute Gasteiger partial charge is 0.772 e. The first kappa shape index (κ1) is 37.2. The molecule has 1 amide bonds. The van der Waals surface area contributed by atoms with Crippen LogP contribution in [0.5, 0.6) is 5.75 Å². The fourth-order valence-corrected chi connectivity index (χ4v) is 8.77. The van der Waals surface area contributed by atoms with Gasteiger partial charge in [0.25, 0.3) is 5.91 Å². The highest BCUT2D eigenvalue weighted by molar-refractivity contribution is 7.89. The van der Waals surface area contributed by atoms with Crippen LogP contribution in [0.4, 0.5) is 0 Å². The first-order valence-corrected chi connectivity index (χ1v) is 19.8. The minimum atomic E-state index is -3.89. The number of carbonyl (C=O) groups is 1. The molecule has 13 nitrogen and oxygen atoms in total. The van der Waals surface area contributed by atoms with Gasteiger partial charge in [0.15, 0.2) is 0 Å². The van der Waals surface area contributed by atoms with Crippen molar-refractivity contribution in [3.05, 3.63) is 106 Å². The predicted molar refractivity (Wildman–Crippen MR) is 196 cm³/mol. The molecule has 0 saturated carbocycles. The molecule has 0 aliphatic carbocycles. The van der Waals surface area contributed by atoms with E-state index in [4.69, 9.17) is 4.74 Å². The molecule has 1 aliphatic heterocycles. The molecule has 6 rings (SSSR count). The SMILES string of the molecule is CC[C@@H]1CN(Cc2cc([C@@H](c3ccc4c(nnn4CC)c3C)C(C)(C)NC(=O)c3cnc(CS(=O)[O-])nc3)ccc2C)S(=O)(=O)c2ccccc2O1. The van der Waals surface area contributed by atoms with Gasteiger partial charge in [0.2, 0.25) is 10.0 Å². The normalized spacial score (nSPS) is 17.2. The van der Waals surface area contributed by atoms with Gasteiger partial charge in [-0.1, -0.05) is 48.5 Å². The van der Waals surface area contributed by atoms with E-state index in [2.05, 4.69) is 25.6 Å². The monoisotopic (exact) mass is 744 g/mol. The lowest BCUT2D eigenvalue weighted by atomic mass is 9.74. The molecule has 3 aromatic carbocycles. The zero-order valence-corrected chi connectivity index (χ0v) is 31.6. The summed E-state index contributed by atoms with van der Waals surface area (Å²) in [6.07, 6.45) is 2.93. The number of nitrogens with one attached hydrogen (secondary N) is 1. The number of amides is 1. The van der Waals surface area contributed by atoms with Crippen LogP contribution < -0.4 is 10.1 Å². The molecule has 5 aromatic rings. The van der Waals surface area contributed by atoms with Crippen molar-refractivity contribution in [1.29, 1.82) is 0 Å². The topological polar surface area (TPSA) is 172 Å².